The summed E-state index contributed by atoms with van der Waals surface area (Å²) >= 11 is 6.31. The highest BCUT2D eigenvalue weighted by Crippen LogP contribution is 2.35. The molecule has 2 atom stereocenters. The van der Waals surface area contributed by atoms with E-state index in [0.717, 1.165) is 27.6 Å². The van der Waals surface area contributed by atoms with Crippen molar-refractivity contribution in [1.82, 2.24) is 15.2 Å². The van der Waals surface area contributed by atoms with E-state index in [-0.39, 0.29) is 17.9 Å². The van der Waals surface area contributed by atoms with Gasteiger partial charge in [0.25, 0.3) is 5.91 Å². The Balaban J connectivity index is 1.42. The fourth-order valence-electron chi connectivity index (χ4n) is 5.29. The van der Waals surface area contributed by atoms with Gasteiger partial charge in [-0.15, -0.1) is 0 Å². The molecule has 2 N–H and O–H groups in total. The Hall–Kier alpha value is -4.01. The molecule has 4 aromatic rings. The van der Waals surface area contributed by atoms with Crippen LogP contribution in [0.25, 0.3) is 22.0 Å². The third-order valence-electron chi connectivity index (χ3n) is 7.12. The summed E-state index contributed by atoms with van der Waals surface area (Å²) in [5, 5.41) is 4.60. The van der Waals surface area contributed by atoms with Crippen LogP contribution in [-0.2, 0) is 16.1 Å². The van der Waals surface area contributed by atoms with Crippen LogP contribution in [-0.4, -0.2) is 61.7 Å². The third kappa shape index (κ3) is 5.44. The van der Waals surface area contributed by atoms with Crippen molar-refractivity contribution in [1.29, 1.82) is 0 Å². The van der Waals surface area contributed by atoms with Gasteiger partial charge in [0, 0.05) is 46.2 Å². The van der Waals surface area contributed by atoms with Gasteiger partial charge in [0.1, 0.15) is 23.2 Å². The lowest BCUT2D eigenvalue weighted by Gasteiger charge is -2.23. The number of carbonyl (C=O) groups is 2. The molecule has 0 bridgehead atoms. The average molecular weight is 548 g/mol. The van der Waals surface area contributed by atoms with Crippen molar-refractivity contribution in [2.24, 2.45) is 0 Å². The first-order valence-electron chi connectivity index (χ1n) is 12.6. The van der Waals surface area contributed by atoms with E-state index in [9.17, 15) is 9.59 Å². The lowest BCUT2D eigenvalue weighted by molar-refractivity contribution is -0.146. The molecule has 8 nitrogen and oxygen atoms in total. The van der Waals surface area contributed by atoms with Gasteiger partial charge >= 0.3 is 5.97 Å². The van der Waals surface area contributed by atoms with E-state index in [1.54, 1.807) is 20.3 Å². The number of nitrogens with zero attached hydrogens (tertiary/aromatic N) is 1. The van der Waals surface area contributed by atoms with Crippen LogP contribution in [0.15, 0.2) is 66.7 Å². The standard InChI is InChI=1S/C30H30ClN3O5/c1-37-22-10-12-26(38-2)19(13-22)16-34-17-21(15-25(34)30(36)39-3)32-29(35)28-27(18-7-5-4-6-8-18)23-14-20(31)9-11-24(23)33-28/h4-14,21,25,33H,15-17H2,1-3H3,(H,32,35)/t21-,25-/m0/s1. The minimum absolute atomic E-state index is 0.254. The number of nitrogens with one attached hydrogen (secondary N) is 2. The van der Waals surface area contributed by atoms with E-state index >= 15 is 0 Å². The highest BCUT2D eigenvalue weighted by Gasteiger charge is 2.39. The van der Waals surface area contributed by atoms with E-state index in [4.69, 9.17) is 25.8 Å². The van der Waals surface area contributed by atoms with Gasteiger partial charge in [0.15, 0.2) is 0 Å². The smallest absolute Gasteiger partial charge is 0.323 e. The highest BCUT2D eigenvalue weighted by molar-refractivity contribution is 6.31. The van der Waals surface area contributed by atoms with Crippen LogP contribution in [0.3, 0.4) is 0 Å². The number of ether oxygens (including phenoxy) is 3. The van der Waals surface area contributed by atoms with Gasteiger partial charge in [-0.2, -0.15) is 0 Å². The Morgan fingerprint density at radius 2 is 1.82 bits per heavy atom. The Morgan fingerprint density at radius 1 is 1.03 bits per heavy atom. The Morgan fingerprint density at radius 3 is 2.54 bits per heavy atom. The number of carbonyl (C=O) groups excluding carboxylic acids is 2. The number of rotatable bonds is 8. The monoisotopic (exact) mass is 547 g/mol. The van der Waals surface area contributed by atoms with Crippen LogP contribution < -0.4 is 14.8 Å². The van der Waals surface area contributed by atoms with Crippen LogP contribution >= 0.6 is 11.6 Å². The summed E-state index contributed by atoms with van der Waals surface area (Å²) in [5.74, 6) is 0.780. The molecule has 2 heterocycles. The van der Waals surface area contributed by atoms with Gasteiger partial charge in [0.05, 0.1) is 21.3 Å². The van der Waals surface area contributed by atoms with E-state index in [2.05, 4.69) is 10.3 Å². The number of amides is 1. The summed E-state index contributed by atoms with van der Waals surface area (Å²) < 4.78 is 16.0. The zero-order valence-corrected chi connectivity index (χ0v) is 22.7. The largest absolute Gasteiger partial charge is 0.497 e. The van der Waals surface area contributed by atoms with Gasteiger partial charge in [-0.25, -0.2) is 0 Å². The van der Waals surface area contributed by atoms with Crippen LogP contribution in [0.5, 0.6) is 11.5 Å². The van der Waals surface area contributed by atoms with Crippen LogP contribution in [0.4, 0.5) is 0 Å². The molecule has 5 rings (SSSR count). The molecule has 0 unspecified atom stereocenters. The summed E-state index contributed by atoms with van der Waals surface area (Å²) in [6, 6.07) is 20.0. The lowest BCUT2D eigenvalue weighted by Crippen LogP contribution is -2.38. The molecule has 1 aromatic heterocycles. The number of hydrogen-bond donors (Lipinski definition) is 2. The maximum absolute atomic E-state index is 13.7. The van der Waals surface area contributed by atoms with Crippen LogP contribution in [0.2, 0.25) is 5.02 Å². The number of benzene rings is 3. The molecule has 9 heteroatoms. The molecule has 0 spiro atoms. The number of esters is 1. The molecule has 1 aliphatic rings. The lowest BCUT2D eigenvalue weighted by atomic mass is 10.0. The topological polar surface area (TPSA) is 92.9 Å². The quantitative estimate of drug-likeness (QED) is 0.300. The summed E-state index contributed by atoms with van der Waals surface area (Å²) in [7, 11) is 4.58. The van der Waals surface area contributed by atoms with Crippen LogP contribution in [0.1, 0.15) is 22.5 Å². The molecular formula is C30H30ClN3O5. The van der Waals surface area contributed by atoms with Gasteiger partial charge in [-0.1, -0.05) is 41.9 Å². The van der Waals surface area contributed by atoms with Gasteiger partial charge in [0.2, 0.25) is 0 Å². The molecule has 202 valence electrons. The molecular weight excluding hydrogens is 518 g/mol. The van der Waals surface area contributed by atoms with E-state index in [0.29, 0.717) is 41.7 Å². The van der Waals surface area contributed by atoms with Crippen molar-refractivity contribution in [3.8, 4) is 22.6 Å². The fraction of sp³-hybridized carbons (Fsp3) is 0.267. The van der Waals surface area contributed by atoms with Crippen LogP contribution in [0, 0.1) is 0 Å². The molecule has 3 aromatic carbocycles. The molecule has 1 amide bonds. The number of aromatic amines is 1. The molecule has 0 aliphatic carbocycles. The molecule has 1 saturated heterocycles. The number of hydrogen-bond acceptors (Lipinski definition) is 6. The Bertz CT molecular complexity index is 1500. The fourth-order valence-corrected chi connectivity index (χ4v) is 5.46. The molecule has 0 saturated carbocycles. The average Bonchev–Trinajstić information content (AvgIpc) is 3.53. The third-order valence-corrected chi connectivity index (χ3v) is 7.36. The molecule has 1 fully saturated rings. The predicted octanol–water partition coefficient (Wildman–Crippen LogP) is 5.05. The maximum Gasteiger partial charge on any atom is 0.323 e. The van der Waals surface area contributed by atoms with Gasteiger partial charge < -0.3 is 24.5 Å². The predicted molar refractivity (Wildman–Crippen MR) is 150 cm³/mol. The van der Waals surface area contributed by atoms with E-state index in [1.165, 1.54) is 7.11 Å². The number of methoxy groups -OCH3 is 3. The second-order valence-electron chi connectivity index (χ2n) is 9.48. The SMILES string of the molecule is COC(=O)[C@@H]1C[C@H](NC(=O)c2[nH]c3ccc(Cl)cc3c2-c2ccccc2)CN1Cc1cc(OC)ccc1OC. The zero-order valence-electron chi connectivity index (χ0n) is 22.0. The summed E-state index contributed by atoms with van der Waals surface area (Å²) in [6.07, 6.45) is 0.414. The molecule has 39 heavy (non-hydrogen) atoms. The molecule has 1 aliphatic heterocycles. The first kappa shape index (κ1) is 26.6. The summed E-state index contributed by atoms with van der Waals surface area (Å²) in [4.78, 5) is 31.7. The zero-order chi connectivity index (χ0) is 27.5. The van der Waals surface area contributed by atoms with Crippen molar-refractivity contribution in [2.75, 3.05) is 27.9 Å². The second kappa shape index (κ2) is 11.4. The normalized spacial score (nSPS) is 17.2. The highest BCUT2D eigenvalue weighted by atomic mass is 35.5. The minimum Gasteiger partial charge on any atom is -0.497 e. The Kier molecular flexibility index (Phi) is 7.77. The van der Waals surface area contributed by atoms with Crippen molar-refractivity contribution < 1.29 is 23.8 Å². The van der Waals surface area contributed by atoms with Gasteiger partial charge in [-0.3, -0.25) is 14.5 Å². The number of likely N-dealkylation sites (tertiary alicyclic amines) is 1. The van der Waals surface area contributed by atoms with Crippen molar-refractivity contribution >= 4 is 34.4 Å². The number of aromatic nitrogens is 1. The first-order chi connectivity index (χ1) is 18.9. The van der Waals surface area contributed by atoms with E-state index in [1.807, 2.05) is 65.6 Å². The summed E-state index contributed by atoms with van der Waals surface area (Å²) in [5.41, 5.74) is 3.82. The van der Waals surface area contributed by atoms with Crippen molar-refractivity contribution in [3.05, 3.63) is 83.0 Å². The first-order valence-corrected chi connectivity index (χ1v) is 13.0. The van der Waals surface area contributed by atoms with E-state index < -0.39 is 6.04 Å². The van der Waals surface area contributed by atoms with Crippen molar-refractivity contribution in [2.45, 2.75) is 25.0 Å². The Labute approximate surface area is 231 Å². The number of H-pyrrole nitrogens is 1. The number of fused-ring (bicyclic) bond motifs is 1. The van der Waals surface area contributed by atoms with Gasteiger partial charge in [-0.05, 0) is 48.4 Å². The maximum atomic E-state index is 13.7. The second-order valence-corrected chi connectivity index (χ2v) is 9.92. The minimum atomic E-state index is -0.522. The summed E-state index contributed by atoms with van der Waals surface area (Å²) in [6.45, 7) is 0.880. The number of halogens is 1. The molecule has 0 radical (unpaired) electrons. The van der Waals surface area contributed by atoms with Crippen molar-refractivity contribution in [3.63, 3.8) is 0 Å².